The van der Waals surface area contributed by atoms with Gasteiger partial charge in [0.05, 0.1) is 17.7 Å². The number of aromatic hydroxyl groups is 1. The molecule has 8 heteroatoms. The van der Waals surface area contributed by atoms with Crippen molar-refractivity contribution in [2.45, 2.75) is 20.5 Å². The lowest BCUT2D eigenvalue weighted by Gasteiger charge is -2.07. The molecule has 7 nitrogen and oxygen atoms in total. The first-order valence-electron chi connectivity index (χ1n) is 7.34. The van der Waals surface area contributed by atoms with E-state index in [9.17, 15) is 20.0 Å². The van der Waals surface area contributed by atoms with Crippen LogP contribution in [0.15, 0.2) is 18.2 Å². The van der Waals surface area contributed by atoms with Gasteiger partial charge < -0.3 is 20.3 Å². The number of nitrogens with two attached hydrogens (primary N) is 1. The molecule has 0 bridgehead atoms. The van der Waals surface area contributed by atoms with E-state index >= 15 is 0 Å². The van der Waals surface area contributed by atoms with E-state index < -0.39 is 11.9 Å². The van der Waals surface area contributed by atoms with Gasteiger partial charge in [0.15, 0.2) is 0 Å². The molecular formula is C17H16N2O5S. The van der Waals surface area contributed by atoms with Crippen LogP contribution in [0.25, 0.3) is 0 Å². The van der Waals surface area contributed by atoms with E-state index in [0.29, 0.717) is 5.56 Å². The molecule has 2 aromatic rings. The highest BCUT2D eigenvalue weighted by Crippen LogP contribution is 2.32. The van der Waals surface area contributed by atoms with Crippen LogP contribution >= 0.6 is 11.3 Å². The SMILES string of the molecule is CCOC(=O)c1sc(N)c(C#N)c1COC(=O)c1ccc(C)c(O)c1. The van der Waals surface area contributed by atoms with Crippen molar-refractivity contribution in [1.29, 1.82) is 5.26 Å². The molecule has 0 unspecified atom stereocenters. The average molecular weight is 360 g/mol. The molecule has 0 atom stereocenters. The summed E-state index contributed by atoms with van der Waals surface area (Å²) in [6.07, 6.45) is 0. The number of phenols is 1. The number of carbonyl (C=O) groups is 2. The summed E-state index contributed by atoms with van der Waals surface area (Å²) in [5, 5.41) is 19.1. The van der Waals surface area contributed by atoms with Crippen molar-refractivity contribution < 1.29 is 24.2 Å². The Hall–Kier alpha value is -3.05. The number of nitrogens with zero attached hydrogens (tertiary/aromatic N) is 1. The molecule has 1 heterocycles. The molecule has 0 aliphatic heterocycles. The Morgan fingerprint density at radius 3 is 2.64 bits per heavy atom. The molecule has 0 spiro atoms. The average Bonchev–Trinajstić information content (AvgIpc) is 2.91. The molecule has 0 aliphatic carbocycles. The third-order valence-corrected chi connectivity index (χ3v) is 4.44. The minimum Gasteiger partial charge on any atom is -0.508 e. The van der Waals surface area contributed by atoms with Crippen LogP contribution in [0.4, 0.5) is 5.00 Å². The first kappa shape index (κ1) is 18.3. The maximum atomic E-state index is 12.1. The zero-order valence-corrected chi connectivity index (χ0v) is 14.5. The Labute approximate surface area is 148 Å². The van der Waals surface area contributed by atoms with Gasteiger partial charge in [-0.1, -0.05) is 6.07 Å². The summed E-state index contributed by atoms with van der Waals surface area (Å²) < 4.78 is 10.1. The van der Waals surface area contributed by atoms with Crippen LogP contribution < -0.4 is 5.73 Å². The highest BCUT2D eigenvalue weighted by Gasteiger charge is 2.24. The number of thiophene rings is 1. The summed E-state index contributed by atoms with van der Waals surface area (Å²) in [6, 6.07) is 6.29. The zero-order valence-electron chi connectivity index (χ0n) is 13.7. The van der Waals surface area contributed by atoms with Gasteiger partial charge >= 0.3 is 11.9 Å². The van der Waals surface area contributed by atoms with E-state index in [1.54, 1.807) is 19.9 Å². The third-order valence-electron chi connectivity index (χ3n) is 3.40. The molecule has 0 amide bonds. The fourth-order valence-electron chi connectivity index (χ4n) is 2.06. The van der Waals surface area contributed by atoms with Crippen LogP contribution in [0.3, 0.4) is 0 Å². The van der Waals surface area contributed by atoms with Gasteiger partial charge in [0.1, 0.15) is 28.3 Å². The largest absolute Gasteiger partial charge is 0.508 e. The number of hydrogen-bond acceptors (Lipinski definition) is 8. The van der Waals surface area contributed by atoms with Crippen molar-refractivity contribution >= 4 is 28.3 Å². The van der Waals surface area contributed by atoms with Crippen LogP contribution in [0.1, 0.15) is 43.6 Å². The predicted octanol–water partition coefficient (Wildman–Crippen LogP) is 2.75. The zero-order chi connectivity index (χ0) is 18.6. The molecule has 0 fully saturated rings. The quantitative estimate of drug-likeness (QED) is 0.786. The maximum Gasteiger partial charge on any atom is 0.348 e. The van der Waals surface area contributed by atoms with Crippen molar-refractivity contribution in [1.82, 2.24) is 0 Å². The van der Waals surface area contributed by atoms with Crippen LogP contribution in [0, 0.1) is 18.3 Å². The molecule has 1 aromatic heterocycles. The number of anilines is 1. The number of aryl methyl sites for hydroxylation is 1. The lowest BCUT2D eigenvalue weighted by molar-refractivity contribution is 0.0452. The van der Waals surface area contributed by atoms with Gasteiger partial charge in [-0.15, -0.1) is 11.3 Å². The van der Waals surface area contributed by atoms with Gasteiger partial charge in [-0.2, -0.15) is 5.26 Å². The first-order chi connectivity index (χ1) is 11.9. The number of rotatable bonds is 5. The van der Waals surface area contributed by atoms with Crippen molar-refractivity contribution in [3.8, 4) is 11.8 Å². The Morgan fingerprint density at radius 2 is 2.04 bits per heavy atom. The summed E-state index contributed by atoms with van der Waals surface area (Å²) in [5.41, 5.74) is 6.84. The monoisotopic (exact) mass is 360 g/mol. The highest BCUT2D eigenvalue weighted by molar-refractivity contribution is 7.18. The van der Waals surface area contributed by atoms with E-state index in [0.717, 1.165) is 11.3 Å². The number of nitrogen functional groups attached to an aromatic ring is 1. The summed E-state index contributed by atoms with van der Waals surface area (Å²) >= 11 is 0.915. The summed E-state index contributed by atoms with van der Waals surface area (Å²) in [5.74, 6) is -1.35. The molecule has 1 aromatic carbocycles. The summed E-state index contributed by atoms with van der Waals surface area (Å²) in [4.78, 5) is 24.3. The number of hydrogen-bond donors (Lipinski definition) is 2. The van der Waals surface area contributed by atoms with Crippen molar-refractivity contribution in [2.24, 2.45) is 0 Å². The molecule has 25 heavy (non-hydrogen) atoms. The highest BCUT2D eigenvalue weighted by atomic mass is 32.1. The molecular weight excluding hydrogens is 344 g/mol. The van der Waals surface area contributed by atoms with Gasteiger partial charge in [0.25, 0.3) is 0 Å². The van der Waals surface area contributed by atoms with Gasteiger partial charge in [-0.3, -0.25) is 0 Å². The number of nitriles is 1. The van der Waals surface area contributed by atoms with E-state index in [2.05, 4.69) is 0 Å². The number of carbonyl (C=O) groups excluding carboxylic acids is 2. The van der Waals surface area contributed by atoms with Crippen LogP contribution in [-0.4, -0.2) is 23.7 Å². The fourth-order valence-corrected chi connectivity index (χ4v) is 2.98. The number of ether oxygens (including phenoxy) is 2. The predicted molar refractivity (Wildman–Crippen MR) is 91.4 cm³/mol. The second-order valence-corrected chi connectivity index (χ2v) is 6.11. The van der Waals surface area contributed by atoms with Crippen LogP contribution in [0.2, 0.25) is 0 Å². The van der Waals surface area contributed by atoms with E-state index in [4.69, 9.17) is 15.2 Å². The Morgan fingerprint density at radius 1 is 1.32 bits per heavy atom. The Kier molecular flexibility index (Phi) is 5.62. The molecule has 2 rings (SSSR count). The summed E-state index contributed by atoms with van der Waals surface area (Å²) in [7, 11) is 0. The van der Waals surface area contributed by atoms with Crippen LogP contribution in [0.5, 0.6) is 5.75 Å². The Bertz CT molecular complexity index is 867. The third kappa shape index (κ3) is 3.89. The number of esters is 2. The topological polar surface area (TPSA) is 123 Å². The second-order valence-electron chi connectivity index (χ2n) is 5.06. The second kappa shape index (κ2) is 7.68. The van der Waals surface area contributed by atoms with E-state index in [-0.39, 0.29) is 45.5 Å². The smallest absolute Gasteiger partial charge is 0.348 e. The van der Waals surface area contributed by atoms with Gasteiger partial charge in [0, 0.05) is 5.56 Å². The van der Waals surface area contributed by atoms with Gasteiger partial charge in [0.2, 0.25) is 0 Å². The minimum absolute atomic E-state index is 0.0286. The van der Waals surface area contributed by atoms with Crippen molar-refractivity contribution in [2.75, 3.05) is 12.3 Å². The normalized spacial score (nSPS) is 10.1. The van der Waals surface area contributed by atoms with Gasteiger partial charge in [-0.05, 0) is 31.5 Å². The van der Waals surface area contributed by atoms with E-state index in [1.807, 2.05) is 6.07 Å². The molecule has 0 saturated heterocycles. The first-order valence-corrected chi connectivity index (χ1v) is 8.15. The molecule has 130 valence electrons. The molecule has 0 saturated carbocycles. The maximum absolute atomic E-state index is 12.1. The van der Waals surface area contributed by atoms with Crippen molar-refractivity contribution in [3.63, 3.8) is 0 Å². The van der Waals surface area contributed by atoms with E-state index in [1.165, 1.54) is 12.1 Å². The van der Waals surface area contributed by atoms with Crippen molar-refractivity contribution in [3.05, 3.63) is 45.3 Å². The lowest BCUT2D eigenvalue weighted by atomic mass is 10.1. The standard InChI is InChI=1S/C17H16N2O5S/c1-3-23-17(22)14-12(11(7-18)15(19)25-14)8-24-16(21)10-5-4-9(2)13(20)6-10/h4-6,20H,3,8,19H2,1-2H3. The van der Waals surface area contributed by atoms with Crippen LogP contribution in [-0.2, 0) is 16.1 Å². The molecule has 0 radical (unpaired) electrons. The van der Waals surface area contributed by atoms with Gasteiger partial charge in [-0.25, -0.2) is 9.59 Å². The summed E-state index contributed by atoms with van der Waals surface area (Å²) in [6.45, 7) is 3.21. The Balaban J connectivity index is 2.24. The fraction of sp³-hybridized carbons (Fsp3) is 0.235. The number of phenolic OH excluding ortho intramolecular Hbond substituents is 1. The molecule has 0 aliphatic rings. The lowest BCUT2D eigenvalue weighted by Crippen LogP contribution is -2.10. The molecule has 3 N–H and O–H groups in total. The minimum atomic E-state index is -0.696. The number of benzene rings is 1.